The minimum atomic E-state index is -0.486. The van der Waals surface area contributed by atoms with Crippen LogP contribution >= 0.6 is 11.6 Å². The van der Waals surface area contributed by atoms with Crippen LogP contribution in [0.4, 0.5) is 0 Å². The fourth-order valence-electron chi connectivity index (χ4n) is 1.53. The molecule has 0 bridgehead atoms. The standard InChI is InChI=1S/C12H15ClO2/c1-8(2)11-5-4-10(6-9(11)3)15-7-12(13)14/h4-6,8H,7H2,1-3H3. The van der Waals surface area contributed by atoms with Crippen molar-refractivity contribution in [1.82, 2.24) is 0 Å². The molecule has 15 heavy (non-hydrogen) atoms. The zero-order valence-electron chi connectivity index (χ0n) is 9.21. The summed E-state index contributed by atoms with van der Waals surface area (Å²) in [6.45, 7) is 6.24. The van der Waals surface area contributed by atoms with E-state index in [1.807, 2.05) is 25.1 Å². The van der Waals surface area contributed by atoms with Crippen molar-refractivity contribution >= 4 is 16.8 Å². The molecular formula is C12H15ClO2. The van der Waals surface area contributed by atoms with Gasteiger partial charge in [0.05, 0.1) is 0 Å². The maximum atomic E-state index is 10.5. The van der Waals surface area contributed by atoms with Crippen molar-refractivity contribution in [3.05, 3.63) is 29.3 Å². The van der Waals surface area contributed by atoms with Crippen LogP contribution in [0.3, 0.4) is 0 Å². The normalized spacial score (nSPS) is 10.5. The molecule has 1 rings (SSSR count). The highest BCUT2D eigenvalue weighted by Crippen LogP contribution is 2.23. The van der Waals surface area contributed by atoms with Crippen molar-refractivity contribution in [1.29, 1.82) is 0 Å². The lowest BCUT2D eigenvalue weighted by Gasteiger charge is -2.11. The highest BCUT2D eigenvalue weighted by Gasteiger charge is 2.05. The van der Waals surface area contributed by atoms with Gasteiger partial charge >= 0.3 is 0 Å². The van der Waals surface area contributed by atoms with Crippen LogP contribution in [0.1, 0.15) is 30.9 Å². The third-order valence-corrected chi connectivity index (χ3v) is 2.32. The Hall–Kier alpha value is -1.02. The van der Waals surface area contributed by atoms with Gasteiger partial charge < -0.3 is 4.74 Å². The summed E-state index contributed by atoms with van der Waals surface area (Å²) in [7, 11) is 0. The topological polar surface area (TPSA) is 26.3 Å². The minimum Gasteiger partial charge on any atom is -0.484 e. The number of carbonyl (C=O) groups is 1. The van der Waals surface area contributed by atoms with Crippen molar-refractivity contribution in [3.8, 4) is 5.75 Å². The summed E-state index contributed by atoms with van der Waals surface area (Å²) < 4.78 is 5.20. The first-order valence-corrected chi connectivity index (χ1v) is 5.30. The van der Waals surface area contributed by atoms with E-state index in [1.54, 1.807) is 0 Å². The van der Waals surface area contributed by atoms with Gasteiger partial charge in [0.25, 0.3) is 5.24 Å². The zero-order chi connectivity index (χ0) is 11.4. The van der Waals surface area contributed by atoms with E-state index >= 15 is 0 Å². The number of benzene rings is 1. The van der Waals surface area contributed by atoms with E-state index in [0.717, 1.165) is 0 Å². The van der Waals surface area contributed by atoms with Crippen molar-refractivity contribution in [2.24, 2.45) is 0 Å². The Balaban J connectivity index is 2.77. The Morgan fingerprint density at radius 3 is 2.60 bits per heavy atom. The van der Waals surface area contributed by atoms with Gasteiger partial charge in [-0.15, -0.1) is 0 Å². The van der Waals surface area contributed by atoms with Crippen molar-refractivity contribution < 1.29 is 9.53 Å². The second-order valence-electron chi connectivity index (χ2n) is 3.82. The minimum absolute atomic E-state index is 0.0813. The molecule has 0 fully saturated rings. The number of aryl methyl sites for hydroxylation is 1. The molecule has 0 aliphatic carbocycles. The number of carbonyl (C=O) groups excluding carboxylic acids is 1. The van der Waals surface area contributed by atoms with Crippen LogP contribution in [0.2, 0.25) is 0 Å². The Bertz CT molecular complexity index is 359. The maximum Gasteiger partial charge on any atom is 0.259 e. The van der Waals surface area contributed by atoms with Gasteiger partial charge in [0.15, 0.2) is 6.61 Å². The molecule has 0 spiro atoms. The fraction of sp³-hybridized carbons (Fsp3) is 0.417. The molecule has 0 saturated heterocycles. The average Bonchev–Trinajstić information content (AvgIpc) is 2.14. The number of ether oxygens (including phenoxy) is 1. The Morgan fingerprint density at radius 2 is 2.13 bits per heavy atom. The second-order valence-corrected chi connectivity index (χ2v) is 4.24. The van der Waals surface area contributed by atoms with Gasteiger partial charge in [0, 0.05) is 0 Å². The van der Waals surface area contributed by atoms with Crippen LogP contribution < -0.4 is 4.74 Å². The third kappa shape index (κ3) is 3.56. The van der Waals surface area contributed by atoms with Gasteiger partial charge in [0.2, 0.25) is 0 Å². The molecule has 3 heteroatoms. The molecule has 0 atom stereocenters. The van der Waals surface area contributed by atoms with Gasteiger partial charge in [0.1, 0.15) is 5.75 Å². The van der Waals surface area contributed by atoms with E-state index in [0.29, 0.717) is 11.7 Å². The van der Waals surface area contributed by atoms with E-state index in [-0.39, 0.29) is 6.61 Å². The van der Waals surface area contributed by atoms with Gasteiger partial charge in [-0.2, -0.15) is 0 Å². The van der Waals surface area contributed by atoms with Gasteiger partial charge in [-0.1, -0.05) is 19.9 Å². The molecule has 0 saturated carbocycles. The largest absolute Gasteiger partial charge is 0.484 e. The van der Waals surface area contributed by atoms with E-state index in [2.05, 4.69) is 13.8 Å². The molecule has 1 aromatic carbocycles. The van der Waals surface area contributed by atoms with Crippen molar-refractivity contribution in [2.45, 2.75) is 26.7 Å². The van der Waals surface area contributed by atoms with Crippen LogP contribution in [0.25, 0.3) is 0 Å². The monoisotopic (exact) mass is 226 g/mol. The Labute approximate surface area is 95.2 Å². The van der Waals surface area contributed by atoms with Crippen LogP contribution in [0.5, 0.6) is 5.75 Å². The van der Waals surface area contributed by atoms with Crippen LogP contribution in [-0.2, 0) is 4.79 Å². The summed E-state index contributed by atoms with van der Waals surface area (Å²) in [5.41, 5.74) is 2.46. The smallest absolute Gasteiger partial charge is 0.259 e. The average molecular weight is 227 g/mol. The number of hydrogen-bond donors (Lipinski definition) is 0. The molecular weight excluding hydrogens is 212 g/mol. The summed E-state index contributed by atoms with van der Waals surface area (Å²) in [4.78, 5) is 10.5. The fourth-order valence-corrected chi connectivity index (χ4v) is 1.58. The molecule has 0 heterocycles. The lowest BCUT2D eigenvalue weighted by Crippen LogP contribution is -2.04. The summed E-state index contributed by atoms with van der Waals surface area (Å²) in [5, 5.41) is -0.486. The molecule has 0 aliphatic heterocycles. The molecule has 0 aliphatic rings. The predicted octanol–water partition coefficient (Wildman–Crippen LogP) is 3.26. The second kappa shape index (κ2) is 5.17. The van der Waals surface area contributed by atoms with Gasteiger partial charge in [-0.3, -0.25) is 4.79 Å². The molecule has 0 amide bonds. The van der Waals surface area contributed by atoms with Gasteiger partial charge in [-0.25, -0.2) is 0 Å². The molecule has 1 aromatic rings. The lowest BCUT2D eigenvalue weighted by molar-refractivity contribution is -0.113. The molecule has 0 N–H and O–H groups in total. The van der Waals surface area contributed by atoms with Crippen LogP contribution in [0.15, 0.2) is 18.2 Å². The summed E-state index contributed by atoms with van der Waals surface area (Å²) in [5.74, 6) is 1.18. The summed E-state index contributed by atoms with van der Waals surface area (Å²) in [6, 6.07) is 5.81. The van der Waals surface area contributed by atoms with E-state index in [1.165, 1.54) is 11.1 Å². The first-order valence-electron chi connectivity index (χ1n) is 4.92. The third-order valence-electron chi connectivity index (χ3n) is 2.22. The Kier molecular flexibility index (Phi) is 4.15. The molecule has 0 unspecified atom stereocenters. The highest BCUT2D eigenvalue weighted by molar-refractivity contribution is 6.63. The molecule has 82 valence electrons. The molecule has 0 aromatic heterocycles. The molecule has 0 radical (unpaired) electrons. The first kappa shape index (κ1) is 12.1. The van der Waals surface area contributed by atoms with Crippen molar-refractivity contribution in [2.75, 3.05) is 6.61 Å². The summed E-state index contributed by atoms with van der Waals surface area (Å²) in [6.07, 6.45) is 0. The van der Waals surface area contributed by atoms with Gasteiger partial charge in [-0.05, 0) is 47.7 Å². The van der Waals surface area contributed by atoms with E-state index in [4.69, 9.17) is 16.3 Å². The Morgan fingerprint density at radius 1 is 1.47 bits per heavy atom. The quantitative estimate of drug-likeness (QED) is 0.737. The lowest BCUT2D eigenvalue weighted by atomic mass is 9.98. The predicted molar refractivity (Wildman–Crippen MR) is 61.6 cm³/mol. The molecule has 2 nitrogen and oxygen atoms in total. The number of hydrogen-bond acceptors (Lipinski definition) is 2. The zero-order valence-corrected chi connectivity index (χ0v) is 9.97. The van der Waals surface area contributed by atoms with E-state index in [9.17, 15) is 4.79 Å². The maximum absolute atomic E-state index is 10.5. The summed E-state index contributed by atoms with van der Waals surface area (Å²) >= 11 is 5.19. The highest BCUT2D eigenvalue weighted by atomic mass is 35.5. The SMILES string of the molecule is Cc1cc(OCC(=O)Cl)ccc1C(C)C. The van der Waals surface area contributed by atoms with Crippen molar-refractivity contribution in [3.63, 3.8) is 0 Å². The number of halogens is 1. The first-order chi connectivity index (χ1) is 7.00. The number of rotatable bonds is 4. The van der Waals surface area contributed by atoms with Crippen LogP contribution in [-0.4, -0.2) is 11.8 Å². The van der Waals surface area contributed by atoms with E-state index < -0.39 is 5.24 Å². The van der Waals surface area contributed by atoms with Crippen LogP contribution in [0, 0.1) is 6.92 Å².